The van der Waals surface area contributed by atoms with E-state index in [0.29, 0.717) is 0 Å². The van der Waals surface area contributed by atoms with Gasteiger partial charge in [0.1, 0.15) is 0 Å². The summed E-state index contributed by atoms with van der Waals surface area (Å²) < 4.78 is 10.4. The first kappa shape index (κ1) is 13.5. The molecule has 0 N–H and O–H groups in total. The molecule has 0 aliphatic carbocycles. The van der Waals surface area contributed by atoms with Crippen LogP contribution in [0.1, 0.15) is 34.1 Å². The van der Waals surface area contributed by atoms with Gasteiger partial charge in [0.2, 0.25) is 0 Å². The molecule has 0 saturated carbocycles. The van der Waals surface area contributed by atoms with Crippen molar-refractivity contribution in [2.45, 2.75) is 40.2 Å². The van der Waals surface area contributed by atoms with Gasteiger partial charge in [-0.15, -0.1) is 0 Å². The van der Waals surface area contributed by atoms with E-state index in [-0.39, 0.29) is 13.5 Å². The second kappa shape index (κ2) is 9.92. The van der Waals surface area contributed by atoms with Crippen molar-refractivity contribution in [2.24, 2.45) is 0 Å². The minimum Gasteiger partial charge on any atom is -0.379 e. The molecule has 0 spiro atoms. The molecular weight excluding hydrogens is 140 g/mol. The molecule has 0 aromatic heterocycles. The normalized spacial score (nSPS) is 12.3. The van der Waals surface area contributed by atoms with Crippen molar-refractivity contribution in [1.29, 1.82) is 0 Å². The zero-order chi connectivity index (χ0) is 7.82. The van der Waals surface area contributed by atoms with Crippen molar-refractivity contribution in [3.05, 3.63) is 0 Å². The fourth-order valence-electron chi connectivity index (χ4n) is 0.712. The molecule has 11 heavy (non-hydrogen) atoms. The van der Waals surface area contributed by atoms with Crippen molar-refractivity contribution < 1.29 is 9.47 Å². The second-order valence-corrected chi connectivity index (χ2v) is 2.34. The molecule has 1 unspecified atom stereocenters. The quantitative estimate of drug-likeness (QED) is 0.559. The van der Waals surface area contributed by atoms with Crippen molar-refractivity contribution in [2.75, 3.05) is 20.3 Å². The fraction of sp³-hybridized carbons (Fsp3) is 1.00. The second-order valence-electron chi connectivity index (χ2n) is 2.34. The third-order valence-corrected chi connectivity index (χ3v) is 1.44. The van der Waals surface area contributed by atoms with E-state index in [1.807, 2.05) is 0 Å². The number of hydrogen-bond donors (Lipinski definition) is 0. The highest BCUT2D eigenvalue weighted by Crippen LogP contribution is 1.96. The van der Waals surface area contributed by atoms with Crippen LogP contribution < -0.4 is 0 Å². The largest absolute Gasteiger partial charge is 0.379 e. The van der Waals surface area contributed by atoms with Gasteiger partial charge in [-0.25, -0.2) is 0 Å². The number of methoxy groups -OCH3 is 1. The van der Waals surface area contributed by atoms with Gasteiger partial charge in [-0.3, -0.25) is 0 Å². The van der Waals surface area contributed by atoms with Crippen LogP contribution in [0.15, 0.2) is 0 Å². The van der Waals surface area contributed by atoms with E-state index >= 15 is 0 Å². The Labute approximate surface area is 70.9 Å². The molecule has 0 radical (unpaired) electrons. The van der Waals surface area contributed by atoms with E-state index in [1.165, 1.54) is 0 Å². The van der Waals surface area contributed by atoms with Gasteiger partial charge in [-0.2, -0.15) is 0 Å². The molecule has 0 amide bonds. The molecule has 1 atom stereocenters. The Morgan fingerprint density at radius 2 is 1.91 bits per heavy atom. The molecule has 0 aliphatic heterocycles. The summed E-state index contributed by atoms with van der Waals surface area (Å²) in [6.45, 7) is 5.79. The third kappa shape index (κ3) is 7.82. The Morgan fingerprint density at radius 3 is 2.27 bits per heavy atom. The van der Waals surface area contributed by atoms with Crippen LogP contribution in [0.5, 0.6) is 0 Å². The van der Waals surface area contributed by atoms with Gasteiger partial charge in [-0.05, 0) is 12.8 Å². The minimum absolute atomic E-state index is 0. The van der Waals surface area contributed by atoms with Gasteiger partial charge in [-0.1, -0.05) is 21.3 Å². The highest BCUT2D eigenvalue weighted by molar-refractivity contribution is 4.50. The number of rotatable bonds is 6. The van der Waals surface area contributed by atoms with Crippen molar-refractivity contribution >= 4 is 0 Å². The van der Waals surface area contributed by atoms with E-state index in [0.717, 1.165) is 26.1 Å². The van der Waals surface area contributed by atoms with Crippen LogP contribution in [0.2, 0.25) is 0 Å². The van der Waals surface area contributed by atoms with Crippen LogP contribution in [0.4, 0.5) is 0 Å². The van der Waals surface area contributed by atoms with Gasteiger partial charge in [0.05, 0.1) is 12.7 Å². The van der Waals surface area contributed by atoms with Gasteiger partial charge in [0.25, 0.3) is 0 Å². The Morgan fingerprint density at radius 1 is 1.27 bits per heavy atom. The van der Waals surface area contributed by atoms with E-state index in [1.54, 1.807) is 7.11 Å². The van der Waals surface area contributed by atoms with Crippen molar-refractivity contribution in [3.8, 4) is 0 Å². The van der Waals surface area contributed by atoms with Crippen LogP contribution in [0.3, 0.4) is 0 Å². The Balaban J connectivity index is 0. The van der Waals surface area contributed by atoms with E-state index < -0.39 is 0 Å². The molecule has 70 valence electrons. The first-order valence-corrected chi connectivity index (χ1v) is 3.95. The molecule has 0 aromatic carbocycles. The summed E-state index contributed by atoms with van der Waals surface area (Å²) in [5.41, 5.74) is 0. The summed E-state index contributed by atoms with van der Waals surface area (Å²) in [4.78, 5) is 0. The van der Waals surface area contributed by atoms with E-state index in [9.17, 15) is 0 Å². The van der Waals surface area contributed by atoms with Gasteiger partial charge < -0.3 is 9.47 Å². The van der Waals surface area contributed by atoms with Crippen LogP contribution >= 0.6 is 0 Å². The molecule has 0 bridgehead atoms. The minimum atomic E-state index is 0. The molecule has 0 fully saturated rings. The lowest BCUT2D eigenvalue weighted by molar-refractivity contribution is 0.00714. The van der Waals surface area contributed by atoms with Gasteiger partial charge in [0.15, 0.2) is 0 Å². The summed E-state index contributed by atoms with van der Waals surface area (Å²) in [5.74, 6) is 0. The van der Waals surface area contributed by atoms with Gasteiger partial charge in [0, 0.05) is 13.7 Å². The zero-order valence-electron chi connectivity index (χ0n) is 7.22. The molecular formula is C9H22O2. The number of ether oxygens (including phenoxy) is 2. The maximum atomic E-state index is 5.30. The summed E-state index contributed by atoms with van der Waals surface area (Å²) in [6.07, 6.45) is 2.40. The van der Waals surface area contributed by atoms with Crippen LogP contribution in [-0.2, 0) is 9.47 Å². The topological polar surface area (TPSA) is 18.5 Å². The smallest absolute Gasteiger partial charge is 0.0802 e. The predicted molar refractivity (Wildman–Crippen MR) is 48.9 cm³/mol. The Hall–Kier alpha value is -0.0800. The lowest BCUT2D eigenvalue weighted by atomic mass is 10.3. The molecule has 0 rings (SSSR count). The summed E-state index contributed by atoms with van der Waals surface area (Å²) in [7, 11) is 1.73. The number of hydrogen-bond acceptors (Lipinski definition) is 2. The van der Waals surface area contributed by atoms with Crippen molar-refractivity contribution in [1.82, 2.24) is 0 Å². The standard InChI is InChI=1S/C8H18O2.CH4/c1-4-6-10-7-8(5-2)9-3;/h8H,4-7H2,1-3H3;1H4. The van der Waals surface area contributed by atoms with E-state index in [4.69, 9.17) is 9.47 Å². The molecule has 0 aromatic rings. The lowest BCUT2D eigenvalue weighted by Crippen LogP contribution is -2.17. The van der Waals surface area contributed by atoms with Crippen LogP contribution in [0.25, 0.3) is 0 Å². The molecule has 2 nitrogen and oxygen atoms in total. The van der Waals surface area contributed by atoms with Crippen LogP contribution in [0, 0.1) is 0 Å². The molecule has 2 heteroatoms. The lowest BCUT2D eigenvalue weighted by Gasteiger charge is -2.12. The Bertz CT molecular complexity index is 60.6. The average molecular weight is 162 g/mol. The average Bonchev–Trinajstić information content (AvgIpc) is 1.99. The van der Waals surface area contributed by atoms with E-state index in [2.05, 4.69) is 13.8 Å². The molecule has 0 saturated heterocycles. The third-order valence-electron chi connectivity index (χ3n) is 1.44. The predicted octanol–water partition coefficient (Wildman–Crippen LogP) is 2.47. The highest BCUT2D eigenvalue weighted by Gasteiger charge is 2.01. The summed E-state index contributed by atoms with van der Waals surface area (Å²) in [6, 6.07) is 0. The molecule has 0 aliphatic rings. The maximum absolute atomic E-state index is 5.30. The fourth-order valence-corrected chi connectivity index (χ4v) is 0.712. The maximum Gasteiger partial charge on any atom is 0.0802 e. The first-order chi connectivity index (χ1) is 4.85. The highest BCUT2D eigenvalue weighted by atomic mass is 16.5. The molecule has 0 heterocycles. The van der Waals surface area contributed by atoms with Crippen LogP contribution in [-0.4, -0.2) is 26.4 Å². The van der Waals surface area contributed by atoms with Crippen molar-refractivity contribution in [3.63, 3.8) is 0 Å². The van der Waals surface area contributed by atoms with Gasteiger partial charge >= 0.3 is 0 Å². The zero-order valence-corrected chi connectivity index (χ0v) is 7.22. The summed E-state index contributed by atoms with van der Waals surface area (Å²) in [5, 5.41) is 0. The monoisotopic (exact) mass is 162 g/mol. The SMILES string of the molecule is C.CCCOCC(CC)OC. The summed E-state index contributed by atoms with van der Waals surface area (Å²) >= 11 is 0. The Kier molecular flexibility index (Phi) is 12.2. The first-order valence-electron chi connectivity index (χ1n) is 3.95.